The molecule has 0 amide bonds. The van der Waals surface area contributed by atoms with Crippen molar-refractivity contribution in [2.24, 2.45) is 11.7 Å². The van der Waals surface area contributed by atoms with Crippen molar-refractivity contribution in [1.82, 2.24) is 5.32 Å². The first-order chi connectivity index (χ1) is 3.57. The molecular weight excluding hydrogens is 100 g/mol. The lowest BCUT2D eigenvalue weighted by Gasteiger charge is -2.10. The van der Waals surface area contributed by atoms with Crippen LogP contribution in [0.4, 0.5) is 0 Å². The Morgan fingerprint density at radius 2 is 2.00 bits per heavy atom. The topological polar surface area (TPSA) is 48.0 Å². The zero-order chi connectivity index (χ0) is 6.36. The molecule has 0 radical (unpaired) electrons. The fraction of sp³-hybridized carbons (Fsp3) is 1.00. The summed E-state index contributed by atoms with van der Waals surface area (Å²) < 4.78 is 0. The van der Waals surface area contributed by atoms with E-state index in [0.717, 1.165) is 0 Å². The first kappa shape index (κ1) is 6.05. The standard InChI is InChI=1S/C6H14N2/c1-4(2)6(7)5(3)8-6/h4-5,8H,7H2,1-3H3. The van der Waals surface area contributed by atoms with Crippen LogP contribution in [0.1, 0.15) is 20.8 Å². The quantitative estimate of drug-likeness (QED) is 0.481. The van der Waals surface area contributed by atoms with Crippen molar-refractivity contribution < 1.29 is 0 Å². The van der Waals surface area contributed by atoms with Crippen LogP contribution in [0.3, 0.4) is 0 Å². The van der Waals surface area contributed by atoms with Gasteiger partial charge in [-0.25, -0.2) is 0 Å². The molecule has 48 valence electrons. The van der Waals surface area contributed by atoms with E-state index in [-0.39, 0.29) is 5.66 Å². The van der Waals surface area contributed by atoms with Crippen molar-refractivity contribution in [2.45, 2.75) is 32.5 Å². The molecule has 2 heteroatoms. The van der Waals surface area contributed by atoms with Gasteiger partial charge in [-0.3, -0.25) is 5.32 Å². The molecule has 0 saturated carbocycles. The van der Waals surface area contributed by atoms with E-state index in [0.29, 0.717) is 12.0 Å². The zero-order valence-corrected chi connectivity index (χ0v) is 5.73. The van der Waals surface area contributed by atoms with E-state index in [2.05, 4.69) is 26.1 Å². The Bertz CT molecular complexity index is 101. The highest BCUT2D eigenvalue weighted by molar-refractivity contribution is 5.08. The lowest BCUT2D eigenvalue weighted by molar-refractivity contribution is 0.455. The molecule has 1 aliphatic heterocycles. The molecule has 2 atom stereocenters. The first-order valence-corrected chi connectivity index (χ1v) is 3.14. The number of nitrogens with one attached hydrogen (secondary N) is 1. The van der Waals surface area contributed by atoms with E-state index in [4.69, 9.17) is 5.73 Å². The molecule has 1 fully saturated rings. The van der Waals surface area contributed by atoms with Crippen LogP contribution in [0.15, 0.2) is 0 Å². The predicted molar refractivity (Wildman–Crippen MR) is 34.4 cm³/mol. The van der Waals surface area contributed by atoms with Gasteiger partial charge >= 0.3 is 0 Å². The van der Waals surface area contributed by atoms with Crippen LogP contribution < -0.4 is 11.1 Å². The van der Waals surface area contributed by atoms with Crippen molar-refractivity contribution in [1.29, 1.82) is 0 Å². The van der Waals surface area contributed by atoms with Gasteiger partial charge in [0.2, 0.25) is 0 Å². The molecular formula is C6H14N2. The Morgan fingerprint density at radius 3 is 2.00 bits per heavy atom. The summed E-state index contributed by atoms with van der Waals surface area (Å²) in [7, 11) is 0. The molecule has 0 spiro atoms. The van der Waals surface area contributed by atoms with Crippen molar-refractivity contribution in [3.8, 4) is 0 Å². The van der Waals surface area contributed by atoms with Gasteiger partial charge in [-0.05, 0) is 12.8 Å². The zero-order valence-electron chi connectivity index (χ0n) is 5.73. The molecule has 2 nitrogen and oxygen atoms in total. The van der Waals surface area contributed by atoms with Gasteiger partial charge in [0.1, 0.15) is 0 Å². The summed E-state index contributed by atoms with van der Waals surface area (Å²) in [6.07, 6.45) is 0. The Kier molecular flexibility index (Phi) is 1.10. The SMILES string of the molecule is CC(C)C1(N)NC1C. The van der Waals surface area contributed by atoms with E-state index in [9.17, 15) is 0 Å². The second kappa shape index (κ2) is 1.45. The molecule has 1 heterocycles. The normalized spacial score (nSPS) is 45.4. The minimum Gasteiger partial charge on any atom is -0.312 e. The van der Waals surface area contributed by atoms with Gasteiger partial charge in [-0.15, -0.1) is 0 Å². The van der Waals surface area contributed by atoms with E-state index < -0.39 is 0 Å². The molecule has 0 aromatic rings. The Morgan fingerprint density at radius 1 is 1.62 bits per heavy atom. The molecule has 1 saturated heterocycles. The molecule has 3 N–H and O–H groups in total. The van der Waals surface area contributed by atoms with Crippen LogP contribution in [0.2, 0.25) is 0 Å². The fourth-order valence-electron chi connectivity index (χ4n) is 1.00. The van der Waals surface area contributed by atoms with Crippen LogP contribution in [0.25, 0.3) is 0 Å². The molecule has 0 aromatic heterocycles. The van der Waals surface area contributed by atoms with Crippen molar-refractivity contribution in [2.75, 3.05) is 0 Å². The lowest BCUT2D eigenvalue weighted by Crippen LogP contribution is -2.35. The van der Waals surface area contributed by atoms with Gasteiger partial charge in [0.15, 0.2) is 0 Å². The van der Waals surface area contributed by atoms with Crippen molar-refractivity contribution >= 4 is 0 Å². The van der Waals surface area contributed by atoms with Crippen molar-refractivity contribution in [3.05, 3.63) is 0 Å². The minimum atomic E-state index is -0.0417. The molecule has 0 bridgehead atoms. The molecule has 2 unspecified atom stereocenters. The van der Waals surface area contributed by atoms with E-state index >= 15 is 0 Å². The van der Waals surface area contributed by atoms with Gasteiger partial charge < -0.3 is 5.73 Å². The Labute approximate surface area is 50.4 Å². The maximum absolute atomic E-state index is 5.82. The summed E-state index contributed by atoms with van der Waals surface area (Å²) in [5.74, 6) is 0.553. The Hall–Kier alpha value is -0.0800. The number of hydrogen-bond donors (Lipinski definition) is 2. The van der Waals surface area contributed by atoms with Crippen molar-refractivity contribution in [3.63, 3.8) is 0 Å². The highest BCUT2D eigenvalue weighted by atomic mass is 15.3. The molecule has 1 aliphatic rings. The summed E-state index contributed by atoms with van der Waals surface area (Å²) >= 11 is 0. The van der Waals surface area contributed by atoms with Gasteiger partial charge in [-0.1, -0.05) is 13.8 Å². The summed E-state index contributed by atoms with van der Waals surface area (Å²) in [4.78, 5) is 0. The lowest BCUT2D eigenvalue weighted by atomic mass is 10.0. The maximum Gasteiger partial charge on any atom is 0.0844 e. The van der Waals surface area contributed by atoms with E-state index in [1.54, 1.807) is 0 Å². The van der Waals surface area contributed by atoms with Crippen LogP contribution in [-0.2, 0) is 0 Å². The summed E-state index contributed by atoms with van der Waals surface area (Å²) in [6.45, 7) is 6.38. The Balaban J connectivity index is 2.47. The highest BCUT2D eigenvalue weighted by Gasteiger charge is 2.49. The summed E-state index contributed by atoms with van der Waals surface area (Å²) in [5.41, 5.74) is 5.78. The number of rotatable bonds is 1. The third-order valence-electron chi connectivity index (χ3n) is 2.06. The smallest absolute Gasteiger partial charge is 0.0844 e. The average molecular weight is 114 g/mol. The second-order valence-electron chi connectivity index (χ2n) is 2.95. The number of hydrogen-bond acceptors (Lipinski definition) is 2. The minimum absolute atomic E-state index is 0.0417. The van der Waals surface area contributed by atoms with Crippen LogP contribution >= 0.6 is 0 Å². The third kappa shape index (κ3) is 0.644. The monoisotopic (exact) mass is 114 g/mol. The molecule has 8 heavy (non-hydrogen) atoms. The van der Waals surface area contributed by atoms with Gasteiger partial charge in [0, 0.05) is 6.04 Å². The average Bonchev–Trinajstić information content (AvgIpc) is 2.17. The van der Waals surface area contributed by atoms with Crippen LogP contribution in [0, 0.1) is 5.92 Å². The first-order valence-electron chi connectivity index (χ1n) is 3.14. The molecule has 0 aromatic carbocycles. The van der Waals surface area contributed by atoms with Crippen LogP contribution in [0.5, 0.6) is 0 Å². The largest absolute Gasteiger partial charge is 0.312 e. The third-order valence-corrected chi connectivity index (χ3v) is 2.06. The second-order valence-corrected chi connectivity index (χ2v) is 2.95. The van der Waals surface area contributed by atoms with Gasteiger partial charge in [0.05, 0.1) is 5.66 Å². The fourth-order valence-corrected chi connectivity index (χ4v) is 1.00. The predicted octanol–water partition coefficient (Wildman–Crippen LogP) is 0.289. The van der Waals surface area contributed by atoms with E-state index in [1.165, 1.54) is 0 Å². The molecule has 0 aliphatic carbocycles. The highest BCUT2D eigenvalue weighted by Crippen LogP contribution is 2.27. The van der Waals surface area contributed by atoms with E-state index in [1.807, 2.05) is 0 Å². The van der Waals surface area contributed by atoms with Gasteiger partial charge in [-0.2, -0.15) is 0 Å². The van der Waals surface area contributed by atoms with Gasteiger partial charge in [0.25, 0.3) is 0 Å². The summed E-state index contributed by atoms with van der Waals surface area (Å²) in [6, 6.07) is 0.516. The number of nitrogens with two attached hydrogens (primary N) is 1. The maximum atomic E-state index is 5.82. The van der Waals surface area contributed by atoms with Crippen LogP contribution in [-0.4, -0.2) is 11.7 Å². The molecule has 1 rings (SSSR count). The summed E-state index contributed by atoms with van der Waals surface area (Å²) in [5, 5.41) is 3.19.